The van der Waals surface area contributed by atoms with E-state index in [0.29, 0.717) is 31.0 Å². The van der Waals surface area contributed by atoms with Gasteiger partial charge in [0, 0.05) is 32.2 Å². The predicted molar refractivity (Wildman–Crippen MR) is 98.8 cm³/mol. The molecule has 1 aromatic rings. The van der Waals surface area contributed by atoms with Crippen LogP contribution in [0.3, 0.4) is 0 Å². The number of carbonyl (C=O) groups is 2. The number of likely N-dealkylation sites (tertiary alicyclic amines) is 1. The highest BCUT2D eigenvalue weighted by atomic mass is 16.5. The van der Waals surface area contributed by atoms with Gasteiger partial charge in [0.1, 0.15) is 5.54 Å². The molecule has 26 heavy (non-hydrogen) atoms. The van der Waals surface area contributed by atoms with Crippen molar-refractivity contribution in [1.82, 2.24) is 10.2 Å². The molecule has 0 spiro atoms. The van der Waals surface area contributed by atoms with Crippen molar-refractivity contribution in [2.75, 3.05) is 20.2 Å². The van der Waals surface area contributed by atoms with E-state index in [1.165, 1.54) is 25.7 Å². The minimum atomic E-state index is -0.458. The third-order valence-corrected chi connectivity index (χ3v) is 6.57. The Hall–Kier alpha value is -1.88. The Morgan fingerprint density at radius 2 is 1.81 bits per heavy atom. The van der Waals surface area contributed by atoms with Gasteiger partial charge in [-0.05, 0) is 43.7 Å². The summed E-state index contributed by atoms with van der Waals surface area (Å²) in [7, 11) is 1.71. The second-order valence-electron chi connectivity index (χ2n) is 8.21. The van der Waals surface area contributed by atoms with Crippen LogP contribution in [0.25, 0.3) is 0 Å². The molecule has 0 unspecified atom stereocenters. The van der Waals surface area contributed by atoms with Gasteiger partial charge < -0.3 is 15.0 Å². The number of hydrogen-bond acceptors (Lipinski definition) is 3. The Bertz CT molecular complexity index is 672. The van der Waals surface area contributed by atoms with Crippen LogP contribution in [0.1, 0.15) is 55.3 Å². The summed E-state index contributed by atoms with van der Waals surface area (Å²) < 4.78 is 5.80. The summed E-state index contributed by atoms with van der Waals surface area (Å²) in [5.41, 5.74) is -0.129. The van der Waals surface area contributed by atoms with Crippen LogP contribution in [0.15, 0.2) is 30.3 Å². The predicted octanol–water partition coefficient (Wildman–Crippen LogP) is 2.76. The molecule has 3 fully saturated rings. The van der Waals surface area contributed by atoms with Gasteiger partial charge in [-0.2, -0.15) is 0 Å². The average Bonchev–Trinajstić information content (AvgIpc) is 3.27. The Morgan fingerprint density at radius 3 is 2.38 bits per heavy atom. The third kappa shape index (κ3) is 3.02. The van der Waals surface area contributed by atoms with Crippen LogP contribution in [-0.2, 0) is 9.53 Å². The molecule has 1 aromatic carbocycles. The molecule has 0 atom stereocenters. The van der Waals surface area contributed by atoms with Crippen molar-refractivity contribution in [3.05, 3.63) is 35.9 Å². The minimum absolute atomic E-state index is 0.0863. The lowest BCUT2D eigenvalue weighted by Gasteiger charge is -2.54. The minimum Gasteiger partial charge on any atom is -0.376 e. The van der Waals surface area contributed by atoms with E-state index >= 15 is 0 Å². The van der Waals surface area contributed by atoms with Crippen LogP contribution < -0.4 is 5.32 Å². The second kappa shape index (κ2) is 6.69. The average molecular weight is 356 g/mol. The van der Waals surface area contributed by atoms with Crippen LogP contribution in [0.4, 0.5) is 0 Å². The van der Waals surface area contributed by atoms with Crippen molar-refractivity contribution in [2.45, 2.75) is 56.1 Å². The van der Waals surface area contributed by atoms with E-state index in [0.717, 1.165) is 12.8 Å². The van der Waals surface area contributed by atoms with E-state index in [9.17, 15) is 9.59 Å². The molecule has 1 saturated heterocycles. The summed E-state index contributed by atoms with van der Waals surface area (Å²) in [6, 6.07) is 9.26. The summed E-state index contributed by atoms with van der Waals surface area (Å²) in [5.74, 6) is 0.693. The van der Waals surface area contributed by atoms with Gasteiger partial charge in [-0.25, -0.2) is 0 Å². The molecule has 1 aliphatic heterocycles. The number of nitrogens with one attached hydrogen (secondary N) is 1. The fourth-order valence-corrected chi connectivity index (χ4v) is 4.72. The van der Waals surface area contributed by atoms with Gasteiger partial charge in [-0.15, -0.1) is 0 Å². The first kappa shape index (κ1) is 17.5. The van der Waals surface area contributed by atoms with Gasteiger partial charge in [0.25, 0.3) is 5.91 Å². The molecule has 0 bridgehead atoms. The largest absolute Gasteiger partial charge is 0.376 e. The summed E-state index contributed by atoms with van der Waals surface area (Å²) in [4.78, 5) is 27.3. The molecule has 5 heteroatoms. The van der Waals surface area contributed by atoms with E-state index in [4.69, 9.17) is 4.74 Å². The molecule has 0 radical (unpaired) electrons. The lowest BCUT2D eigenvalue weighted by Crippen LogP contribution is -2.77. The number of methoxy groups -OCH3 is 1. The Morgan fingerprint density at radius 1 is 1.15 bits per heavy atom. The highest BCUT2D eigenvalue weighted by Crippen LogP contribution is 2.52. The Kier molecular flexibility index (Phi) is 4.51. The van der Waals surface area contributed by atoms with Gasteiger partial charge in [0.15, 0.2) is 0 Å². The Labute approximate surface area is 155 Å². The zero-order valence-electron chi connectivity index (χ0n) is 15.5. The standard InChI is InChI=1S/C21H28N2O3/c1-26-21(11-12-21)20(22-19(25)17-9-3-2-4-10-17)14-23(15-20)18(24)13-16-7-5-6-8-16/h2-4,9-10,16H,5-8,11-15H2,1H3,(H,22,25). The SMILES string of the molecule is COC1(C2(NC(=O)c3ccccc3)CN(C(=O)CC3CCCC3)C2)CC1. The lowest BCUT2D eigenvalue weighted by atomic mass is 9.80. The van der Waals surface area contributed by atoms with Crippen LogP contribution in [-0.4, -0.2) is 48.1 Å². The molecule has 5 nitrogen and oxygen atoms in total. The molecule has 1 N–H and O–H groups in total. The molecule has 4 rings (SSSR count). The first-order chi connectivity index (χ1) is 12.6. The normalized spacial score (nSPS) is 23.3. The lowest BCUT2D eigenvalue weighted by molar-refractivity contribution is -0.149. The number of hydrogen-bond donors (Lipinski definition) is 1. The maximum absolute atomic E-state index is 12.7. The number of nitrogens with zero attached hydrogens (tertiary/aromatic N) is 1. The van der Waals surface area contributed by atoms with Crippen molar-refractivity contribution < 1.29 is 14.3 Å². The van der Waals surface area contributed by atoms with Crippen molar-refractivity contribution in [2.24, 2.45) is 5.92 Å². The van der Waals surface area contributed by atoms with Crippen molar-refractivity contribution in [3.8, 4) is 0 Å². The fourth-order valence-electron chi connectivity index (χ4n) is 4.72. The number of benzene rings is 1. The third-order valence-electron chi connectivity index (χ3n) is 6.57. The summed E-state index contributed by atoms with van der Waals surface area (Å²) in [6.07, 6.45) is 7.38. The molecule has 1 heterocycles. The van der Waals surface area contributed by atoms with Crippen LogP contribution in [0.5, 0.6) is 0 Å². The fraction of sp³-hybridized carbons (Fsp3) is 0.619. The van der Waals surface area contributed by atoms with E-state index in [2.05, 4.69) is 5.32 Å². The topological polar surface area (TPSA) is 58.6 Å². The van der Waals surface area contributed by atoms with Crippen molar-refractivity contribution in [3.63, 3.8) is 0 Å². The zero-order chi connectivity index (χ0) is 18.2. The molecule has 2 aliphatic carbocycles. The van der Waals surface area contributed by atoms with E-state index in [-0.39, 0.29) is 17.4 Å². The molecular weight excluding hydrogens is 328 g/mol. The summed E-state index contributed by atoms with van der Waals surface area (Å²) >= 11 is 0. The quantitative estimate of drug-likeness (QED) is 0.853. The summed E-state index contributed by atoms with van der Waals surface area (Å²) in [6.45, 7) is 1.12. The number of ether oxygens (including phenoxy) is 1. The maximum Gasteiger partial charge on any atom is 0.251 e. The zero-order valence-corrected chi connectivity index (χ0v) is 15.5. The van der Waals surface area contributed by atoms with Gasteiger partial charge in [-0.3, -0.25) is 9.59 Å². The number of amides is 2. The maximum atomic E-state index is 12.7. The van der Waals surface area contributed by atoms with Gasteiger partial charge in [-0.1, -0.05) is 31.0 Å². The van der Waals surface area contributed by atoms with E-state index < -0.39 is 5.54 Å². The van der Waals surface area contributed by atoms with Gasteiger partial charge in [0.2, 0.25) is 5.91 Å². The summed E-state index contributed by atoms with van der Waals surface area (Å²) in [5, 5.41) is 3.22. The number of carbonyl (C=O) groups excluding carboxylic acids is 2. The van der Waals surface area contributed by atoms with Gasteiger partial charge in [0.05, 0.1) is 5.60 Å². The highest BCUT2D eigenvalue weighted by Gasteiger charge is 2.66. The molecule has 0 aromatic heterocycles. The molecule has 2 amide bonds. The van der Waals surface area contributed by atoms with Crippen molar-refractivity contribution >= 4 is 11.8 Å². The first-order valence-corrected chi connectivity index (χ1v) is 9.78. The highest BCUT2D eigenvalue weighted by molar-refractivity contribution is 5.95. The molecule has 140 valence electrons. The first-order valence-electron chi connectivity index (χ1n) is 9.78. The smallest absolute Gasteiger partial charge is 0.251 e. The second-order valence-corrected chi connectivity index (χ2v) is 8.21. The van der Waals surface area contributed by atoms with E-state index in [1.807, 2.05) is 35.2 Å². The van der Waals surface area contributed by atoms with Crippen LogP contribution >= 0.6 is 0 Å². The Balaban J connectivity index is 1.43. The number of rotatable bonds is 6. The van der Waals surface area contributed by atoms with Crippen LogP contribution in [0.2, 0.25) is 0 Å². The van der Waals surface area contributed by atoms with Gasteiger partial charge >= 0.3 is 0 Å². The molecule has 3 aliphatic rings. The van der Waals surface area contributed by atoms with Crippen molar-refractivity contribution in [1.29, 1.82) is 0 Å². The monoisotopic (exact) mass is 356 g/mol. The van der Waals surface area contributed by atoms with Crippen LogP contribution in [0, 0.1) is 5.92 Å². The molecular formula is C21H28N2O3. The van der Waals surface area contributed by atoms with E-state index in [1.54, 1.807) is 7.11 Å². The molecule has 2 saturated carbocycles.